The number of fused-ring (bicyclic) bond motifs is 1. The van der Waals surface area contributed by atoms with Gasteiger partial charge in [-0.05, 0) is 63.7 Å². The SMILES string of the molecule is CN(C)c1ccc(-c2ccc3c(c2)C(=CNCc2ccc(O)c(O)c2)CN=C3)cc1. The van der Waals surface area contributed by atoms with Gasteiger partial charge in [0, 0.05) is 38.7 Å². The number of phenolic OH excluding ortho intramolecular Hbond substituents is 2. The van der Waals surface area contributed by atoms with Gasteiger partial charge in [0.2, 0.25) is 0 Å². The fourth-order valence-corrected chi connectivity index (χ4v) is 3.50. The molecule has 3 aromatic rings. The van der Waals surface area contributed by atoms with Gasteiger partial charge in [-0.25, -0.2) is 0 Å². The Morgan fingerprint density at radius 2 is 1.70 bits per heavy atom. The Bertz CT molecular complexity index is 1120. The van der Waals surface area contributed by atoms with E-state index in [9.17, 15) is 10.2 Å². The molecular formula is C25H25N3O2. The highest BCUT2D eigenvalue weighted by Crippen LogP contribution is 2.29. The van der Waals surface area contributed by atoms with Crippen molar-refractivity contribution in [2.75, 3.05) is 25.5 Å². The minimum atomic E-state index is -0.112. The zero-order chi connectivity index (χ0) is 21.1. The molecular weight excluding hydrogens is 374 g/mol. The van der Waals surface area contributed by atoms with Crippen molar-refractivity contribution in [2.45, 2.75) is 6.54 Å². The largest absolute Gasteiger partial charge is 0.504 e. The Kier molecular flexibility index (Phi) is 5.44. The Labute approximate surface area is 176 Å². The van der Waals surface area contributed by atoms with E-state index in [2.05, 4.69) is 57.7 Å². The molecule has 5 heteroatoms. The lowest BCUT2D eigenvalue weighted by atomic mass is 9.93. The Hall–Kier alpha value is -3.73. The molecule has 1 aliphatic rings. The first-order valence-electron chi connectivity index (χ1n) is 9.86. The van der Waals surface area contributed by atoms with Crippen molar-refractivity contribution in [3.63, 3.8) is 0 Å². The summed E-state index contributed by atoms with van der Waals surface area (Å²) in [6.07, 6.45) is 3.90. The van der Waals surface area contributed by atoms with E-state index in [1.165, 1.54) is 28.4 Å². The standard InChI is InChI=1S/C25H25N3O2/c1-28(2)22-8-6-18(7-9-22)19-4-5-20-14-27-16-21(23(20)12-19)15-26-13-17-3-10-24(29)25(30)11-17/h3-12,14-15,26,29-30H,13,16H2,1-2H3. The molecule has 5 nitrogen and oxygen atoms in total. The number of hydrogen-bond acceptors (Lipinski definition) is 5. The molecule has 0 aromatic heterocycles. The number of hydrogen-bond donors (Lipinski definition) is 3. The number of phenols is 2. The highest BCUT2D eigenvalue weighted by molar-refractivity contribution is 5.93. The predicted molar refractivity (Wildman–Crippen MR) is 123 cm³/mol. The van der Waals surface area contributed by atoms with Gasteiger partial charge in [-0.2, -0.15) is 0 Å². The normalized spacial score (nSPS) is 13.9. The molecule has 0 bridgehead atoms. The Balaban J connectivity index is 1.56. The van der Waals surface area contributed by atoms with Gasteiger partial charge in [0.1, 0.15) is 0 Å². The molecule has 0 saturated heterocycles. The van der Waals surface area contributed by atoms with Crippen molar-refractivity contribution < 1.29 is 10.2 Å². The van der Waals surface area contributed by atoms with E-state index in [1.807, 2.05) is 26.5 Å². The van der Waals surface area contributed by atoms with Crippen molar-refractivity contribution in [1.82, 2.24) is 5.32 Å². The van der Waals surface area contributed by atoms with Crippen LogP contribution in [0.4, 0.5) is 5.69 Å². The fourth-order valence-electron chi connectivity index (χ4n) is 3.50. The lowest BCUT2D eigenvalue weighted by Gasteiger charge is -2.17. The minimum absolute atomic E-state index is 0.112. The van der Waals surface area contributed by atoms with Crippen molar-refractivity contribution in [3.8, 4) is 22.6 Å². The second-order valence-electron chi connectivity index (χ2n) is 7.59. The second kappa shape index (κ2) is 8.33. The number of rotatable bonds is 5. The highest BCUT2D eigenvalue weighted by Gasteiger charge is 2.12. The summed E-state index contributed by atoms with van der Waals surface area (Å²) in [6, 6.07) is 19.8. The van der Waals surface area contributed by atoms with E-state index in [4.69, 9.17) is 0 Å². The molecule has 0 radical (unpaired) electrons. The van der Waals surface area contributed by atoms with Gasteiger partial charge in [0.05, 0.1) is 6.54 Å². The van der Waals surface area contributed by atoms with Crippen LogP contribution in [0, 0.1) is 0 Å². The summed E-state index contributed by atoms with van der Waals surface area (Å²) in [4.78, 5) is 6.56. The van der Waals surface area contributed by atoms with Crippen LogP contribution in [0.1, 0.15) is 16.7 Å². The minimum Gasteiger partial charge on any atom is -0.504 e. The van der Waals surface area contributed by atoms with Crippen LogP contribution in [0.5, 0.6) is 11.5 Å². The maximum Gasteiger partial charge on any atom is 0.157 e. The maximum absolute atomic E-state index is 9.65. The van der Waals surface area contributed by atoms with Crippen LogP contribution in [0.2, 0.25) is 0 Å². The molecule has 4 rings (SSSR count). The van der Waals surface area contributed by atoms with E-state index in [0.29, 0.717) is 13.1 Å². The first-order valence-corrected chi connectivity index (χ1v) is 9.86. The molecule has 0 unspecified atom stereocenters. The summed E-state index contributed by atoms with van der Waals surface area (Å²) in [5.74, 6) is -0.224. The smallest absolute Gasteiger partial charge is 0.157 e. The summed E-state index contributed by atoms with van der Waals surface area (Å²) in [5, 5.41) is 22.4. The number of anilines is 1. The van der Waals surface area contributed by atoms with E-state index < -0.39 is 0 Å². The number of aliphatic imine (C=N–C) groups is 1. The third-order valence-corrected chi connectivity index (χ3v) is 5.23. The molecule has 0 aliphatic carbocycles. The van der Waals surface area contributed by atoms with Gasteiger partial charge in [-0.3, -0.25) is 4.99 Å². The van der Waals surface area contributed by atoms with E-state index in [0.717, 1.165) is 16.7 Å². The van der Waals surface area contributed by atoms with E-state index in [-0.39, 0.29) is 11.5 Å². The highest BCUT2D eigenvalue weighted by atomic mass is 16.3. The van der Waals surface area contributed by atoms with Crippen molar-refractivity contribution in [2.24, 2.45) is 4.99 Å². The second-order valence-corrected chi connectivity index (χ2v) is 7.59. The zero-order valence-corrected chi connectivity index (χ0v) is 17.1. The third kappa shape index (κ3) is 4.15. The van der Waals surface area contributed by atoms with Crippen LogP contribution in [0.15, 0.2) is 71.9 Å². The average Bonchev–Trinajstić information content (AvgIpc) is 2.76. The summed E-state index contributed by atoms with van der Waals surface area (Å²) in [7, 11) is 4.08. The van der Waals surface area contributed by atoms with Crippen LogP contribution in [-0.2, 0) is 6.54 Å². The Morgan fingerprint density at radius 3 is 2.43 bits per heavy atom. The Morgan fingerprint density at radius 1 is 0.933 bits per heavy atom. The summed E-state index contributed by atoms with van der Waals surface area (Å²) in [6.45, 7) is 1.16. The van der Waals surface area contributed by atoms with Gasteiger partial charge < -0.3 is 20.4 Å². The molecule has 152 valence electrons. The van der Waals surface area contributed by atoms with Crippen molar-refractivity contribution >= 4 is 17.5 Å². The first-order chi connectivity index (χ1) is 14.5. The van der Waals surface area contributed by atoms with Gasteiger partial charge in [-0.15, -0.1) is 0 Å². The zero-order valence-electron chi connectivity index (χ0n) is 17.1. The molecule has 0 atom stereocenters. The molecule has 30 heavy (non-hydrogen) atoms. The third-order valence-electron chi connectivity index (χ3n) is 5.23. The molecule has 1 heterocycles. The molecule has 0 fully saturated rings. The molecule has 3 aromatic carbocycles. The van der Waals surface area contributed by atoms with Crippen LogP contribution < -0.4 is 10.2 Å². The van der Waals surface area contributed by atoms with E-state index in [1.54, 1.807) is 12.1 Å². The average molecular weight is 399 g/mol. The topological polar surface area (TPSA) is 68.1 Å². The predicted octanol–water partition coefficient (Wildman–Crippen LogP) is 4.39. The van der Waals surface area contributed by atoms with Crippen LogP contribution >= 0.6 is 0 Å². The van der Waals surface area contributed by atoms with E-state index >= 15 is 0 Å². The van der Waals surface area contributed by atoms with Crippen LogP contribution in [-0.4, -0.2) is 37.1 Å². The summed E-state index contributed by atoms with van der Waals surface area (Å²) < 4.78 is 0. The molecule has 1 aliphatic heterocycles. The summed E-state index contributed by atoms with van der Waals surface area (Å²) in [5.41, 5.74) is 7.79. The van der Waals surface area contributed by atoms with Gasteiger partial charge in [0.25, 0.3) is 0 Å². The lowest BCUT2D eigenvalue weighted by molar-refractivity contribution is 0.403. The van der Waals surface area contributed by atoms with Crippen molar-refractivity contribution in [3.05, 3.63) is 83.6 Å². The molecule has 0 amide bonds. The maximum atomic E-state index is 9.65. The van der Waals surface area contributed by atoms with Gasteiger partial charge in [0.15, 0.2) is 11.5 Å². The summed E-state index contributed by atoms with van der Waals surface area (Å²) >= 11 is 0. The number of benzene rings is 3. The quantitative estimate of drug-likeness (QED) is 0.557. The van der Waals surface area contributed by atoms with Crippen LogP contribution in [0.25, 0.3) is 16.7 Å². The lowest BCUT2D eigenvalue weighted by Crippen LogP contribution is -2.10. The number of aromatic hydroxyl groups is 2. The number of nitrogens with one attached hydrogen (secondary N) is 1. The van der Waals surface area contributed by atoms with Gasteiger partial charge in [-0.1, -0.05) is 30.3 Å². The molecule has 3 N–H and O–H groups in total. The first kappa shape index (κ1) is 19.6. The van der Waals surface area contributed by atoms with Gasteiger partial charge >= 0.3 is 0 Å². The van der Waals surface area contributed by atoms with Crippen molar-refractivity contribution in [1.29, 1.82) is 0 Å². The fraction of sp³-hybridized carbons (Fsp3) is 0.160. The monoisotopic (exact) mass is 399 g/mol. The molecule has 0 spiro atoms. The number of nitrogens with zero attached hydrogens (tertiary/aromatic N) is 2. The van der Waals surface area contributed by atoms with Crippen LogP contribution in [0.3, 0.4) is 0 Å². The molecule has 0 saturated carbocycles.